The molecule has 3 aromatic rings. The van der Waals surface area contributed by atoms with Crippen LogP contribution >= 0.6 is 0 Å². The second-order valence-electron chi connectivity index (χ2n) is 6.85. The molecule has 0 fully saturated rings. The Morgan fingerprint density at radius 3 is 3.07 bits per heavy atom. The summed E-state index contributed by atoms with van der Waals surface area (Å²) < 4.78 is 2.00. The molecule has 0 bridgehead atoms. The van der Waals surface area contributed by atoms with Crippen LogP contribution in [0.5, 0.6) is 0 Å². The van der Waals surface area contributed by atoms with E-state index in [-0.39, 0.29) is 5.91 Å². The van der Waals surface area contributed by atoms with Gasteiger partial charge in [-0.2, -0.15) is 5.10 Å². The molecule has 27 heavy (non-hydrogen) atoms. The summed E-state index contributed by atoms with van der Waals surface area (Å²) in [6, 6.07) is 7.59. The lowest BCUT2D eigenvalue weighted by Gasteiger charge is -2.15. The van der Waals surface area contributed by atoms with Crippen molar-refractivity contribution >= 4 is 22.6 Å². The van der Waals surface area contributed by atoms with Gasteiger partial charge in [-0.05, 0) is 32.0 Å². The summed E-state index contributed by atoms with van der Waals surface area (Å²) >= 11 is 0. The van der Waals surface area contributed by atoms with Gasteiger partial charge in [-0.1, -0.05) is 11.6 Å². The SMILES string of the molecule is Cc1ccc2ncnc(N[C@H](C)C(=O)NCc3cc4n(n3)CCNC4)c2c1. The number of nitrogens with zero attached hydrogens (tertiary/aromatic N) is 4. The summed E-state index contributed by atoms with van der Waals surface area (Å²) in [7, 11) is 0. The highest BCUT2D eigenvalue weighted by molar-refractivity contribution is 5.92. The number of aromatic nitrogens is 4. The van der Waals surface area contributed by atoms with Crippen molar-refractivity contribution in [3.05, 3.63) is 47.5 Å². The smallest absolute Gasteiger partial charge is 0.242 e. The molecule has 1 aromatic carbocycles. The Morgan fingerprint density at radius 2 is 2.22 bits per heavy atom. The first-order chi connectivity index (χ1) is 13.1. The number of rotatable bonds is 5. The van der Waals surface area contributed by atoms with Crippen LogP contribution in [0, 0.1) is 6.92 Å². The minimum absolute atomic E-state index is 0.0986. The summed E-state index contributed by atoms with van der Waals surface area (Å²) in [5.41, 5.74) is 4.00. The van der Waals surface area contributed by atoms with Crippen LogP contribution < -0.4 is 16.0 Å². The fourth-order valence-electron chi connectivity index (χ4n) is 3.23. The van der Waals surface area contributed by atoms with Gasteiger partial charge in [0.2, 0.25) is 5.91 Å². The Hall–Kier alpha value is -3.00. The minimum atomic E-state index is -0.428. The van der Waals surface area contributed by atoms with Crippen LogP contribution in [0.4, 0.5) is 5.82 Å². The van der Waals surface area contributed by atoms with Crippen molar-refractivity contribution in [3.63, 3.8) is 0 Å². The zero-order chi connectivity index (χ0) is 18.8. The lowest BCUT2D eigenvalue weighted by atomic mass is 10.1. The number of fused-ring (bicyclic) bond motifs is 2. The minimum Gasteiger partial charge on any atom is -0.358 e. The number of hydrogen-bond acceptors (Lipinski definition) is 6. The molecular weight excluding hydrogens is 342 g/mol. The van der Waals surface area contributed by atoms with Gasteiger partial charge in [-0.25, -0.2) is 9.97 Å². The van der Waals surface area contributed by atoms with Crippen LogP contribution in [0.15, 0.2) is 30.6 Å². The fraction of sp³-hybridized carbons (Fsp3) is 0.368. The molecule has 3 heterocycles. The van der Waals surface area contributed by atoms with Crippen molar-refractivity contribution in [2.75, 3.05) is 11.9 Å². The topological polar surface area (TPSA) is 96.8 Å². The Morgan fingerprint density at radius 1 is 1.33 bits per heavy atom. The third kappa shape index (κ3) is 3.75. The van der Waals surface area contributed by atoms with Crippen molar-refractivity contribution in [2.45, 2.75) is 39.5 Å². The van der Waals surface area contributed by atoms with E-state index in [0.29, 0.717) is 12.4 Å². The molecule has 0 saturated heterocycles. The maximum Gasteiger partial charge on any atom is 0.242 e. The monoisotopic (exact) mass is 365 g/mol. The molecule has 0 radical (unpaired) electrons. The lowest BCUT2D eigenvalue weighted by molar-refractivity contribution is -0.121. The predicted molar refractivity (Wildman–Crippen MR) is 103 cm³/mol. The van der Waals surface area contributed by atoms with Gasteiger partial charge < -0.3 is 16.0 Å². The predicted octanol–water partition coefficient (Wildman–Crippen LogP) is 1.35. The third-order valence-electron chi connectivity index (χ3n) is 4.70. The number of hydrogen-bond donors (Lipinski definition) is 3. The molecule has 1 amide bonds. The Labute approximate surface area is 157 Å². The van der Waals surface area contributed by atoms with E-state index >= 15 is 0 Å². The van der Waals surface area contributed by atoms with Crippen LogP contribution in [0.1, 0.15) is 23.9 Å². The van der Waals surface area contributed by atoms with E-state index in [1.807, 2.05) is 42.8 Å². The molecule has 0 saturated carbocycles. The van der Waals surface area contributed by atoms with E-state index in [0.717, 1.165) is 47.5 Å². The lowest BCUT2D eigenvalue weighted by Crippen LogP contribution is -2.37. The average molecular weight is 365 g/mol. The molecule has 140 valence electrons. The largest absolute Gasteiger partial charge is 0.358 e. The van der Waals surface area contributed by atoms with E-state index in [1.165, 1.54) is 6.33 Å². The van der Waals surface area contributed by atoms with Crippen LogP contribution in [0.3, 0.4) is 0 Å². The molecule has 2 aromatic heterocycles. The van der Waals surface area contributed by atoms with E-state index < -0.39 is 6.04 Å². The second kappa shape index (κ2) is 7.32. The molecule has 1 aliphatic rings. The highest BCUT2D eigenvalue weighted by atomic mass is 16.2. The normalized spacial score (nSPS) is 14.6. The van der Waals surface area contributed by atoms with Crippen molar-refractivity contribution < 1.29 is 4.79 Å². The van der Waals surface area contributed by atoms with E-state index in [1.54, 1.807) is 0 Å². The standard InChI is InChI=1S/C19H23N7O/c1-12-3-4-17-16(7-12)18(23-11-22-17)24-13(2)19(27)21-9-14-8-15-10-20-5-6-26(15)25-14/h3-4,7-8,11,13,20H,5-6,9-10H2,1-2H3,(H,21,27)(H,22,23,24)/t13-/m1/s1. The summed E-state index contributed by atoms with van der Waals surface area (Å²) in [5, 5.41) is 14.9. The van der Waals surface area contributed by atoms with Crippen LogP contribution in [0.25, 0.3) is 10.9 Å². The van der Waals surface area contributed by atoms with E-state index in [4.69, 9.17) is 0 Å². The molecule has 8 heteroatoms. The molecular formula is C19H23N7O. The number of nitrogens with one attached hydrogen (secondary N) is 3. The summed E-state index contributed by atoms with van der Waals surface area (Å²) in [5.74, 6) is 0.563. The number of aryl methyl sites for hydroxylation is 1. The zero-order valence-electron chi connectivity index (χ0n) is 15.5. The molecule has 8 nitrogen and oxygen atoms in total. The van der Waals surface area contributed by atoms with Crippen molar-refractivity contribution in [2.24, 2.45) is 0 Å². The number of carbonyl (C=O) groups excluding carboxylic acids is 1. The second-order valence-corrected chi connectivity index (χ2v) is 6.85. The van der Waals surface area contributed by atoms with Crippen LogP contribution in [-0.4, -0.2) is 38.2 Å². The highest BCUT2D eigenvalue weighted by Gasteiger charge is 2.16. The summed E-state index contributed by atoms with van der Waals surface area (Å²) in [6.45, 7) is 6.86. The fourth-order valence-corrected chi connectivity index (χ4v) is 3.23. The molecule has 4 rings (SSSR count). The quantitative estimate of drug-likeness (QED) is 0.632. The molecule has 0 aliphatic carbocycles. The molecule has 1 aliphatic heterocycles. The van der Waals surface area contributed by atoms with Gasteiger partial charge in [0.25, 0.3) is 0 Å². The van der Waals surface area contributed by atoms with E-state index in [9.17, 15) is 4.79 Å². The van der Waals surface area contributed by atoms with Crippen LogP contribution in [-0.2, 0) is 24.4 Å². The summed E-state index contributed by atoms with van der Waals surface area (Å²) in [6.07, 6.45) is 1.51. The van der Waals surface area contributed by atoms with Gasteiger partial charge in [0.1, 0.15) is 18.2 Å². The Bertz CT molecular complexity index is 958. The highest BCUT2D eigenvalue weighted by Crippen LogP contribution is 2.21. The van der Waals surface area contributed by atoms with Gasteiger partial charge in [0, 0.05) is 18.5 Å². The van der Waals surface area contributed by atoms with E-state index in [2.05, 4.69) is 31.0 Å². The van der Waals surface area contributed by atoms with Gasteiger partial charge in [-0.3, -0.25) is 9.48 Å². The van der Waals surface area contributed by atoms with Gasteiger partial charge >= 0.3 is 0 Å². The molecule has 3 N–H and O–H groups in total. The molecule has 1 atom stereocenters. The molecule has 0 spiro atoms. The zero-order valence-corrected chi connectivity index (χ0v) is 15.5. The van der Waals surface area contributed by atoms with Gasteiger partial charge in [0.05, 0.1) is 30.0 Å². The van der Waals surface area contributed by atoms with Crippen molar-refractivity contribution in [3.8, 4) is 0 Å². The van der Waals surface area contributed by atoms with Crippen molar-refractivity contribution in [1.29, 1.82) is 0 Å². The molecule has 0 unspecified atom stereocenters. The maximum absolute atomic E-state index is 12.5. The average Bonchev–Trinajstić information content (AvgIpc) is 3.09. The number of carbonyl (C=O) groups is 1. The van der Waals surface area contributed by atoms with Crippen molar-refractivity contribution in [1.82, 2.24) is 30.4 Å². The van der Waals surface area contributed by atoms with Gasteiger partial charge in [-0.15, -0.1) is 0 Å². The Kier molecular flexibility index (Phi) is 4.72. The number of benzene rings is 1. The first kappa shape index (κ1) is 17.4. The maximum atomic E-state index is 12.5. The number of amides is 1. The Balaban J connectivity index is 1.41. The first-order valence-corrected chi connectivity index (χ1v) is 9.12. The third-order valence-corrected chi connectivity index (χ3v) is 4.70. The summed E-state index contributed by atoms with van der Waals surface area (Å²) in [4.78, 5) is 21.1. The number of anilines is 1. The van der Waals surface area contributed by atoms with Gasteiger partial charge in [0.15, 0.2) is 0 Å². The van der Waals surface area contributed by atoms with Crippen LogP contribution in [0.2, 0.25) is 0 Å². The first-order valence-electron chi connectivity index (χ1n) is 9.12.